The van der Waals surface area contributed by atoms with E-state index in [1.807, 2.05) is 18.2 Å². The number of aromatic amines is 1. The van der Waals surface area contributed by atoms with Crippen LogP contribution >= 0.6 is 15.9 Å². The number of ether oxygens (including phenoxy) is 1. The first-order chi connectivity index (χ1) is 12.6. The summed E-state index contributed by atoms with van der Waals surface area (Å²) in [7, 11) is 1.46. The lowest BCUT2D eigenvalue weighted by molar-refractivity contribution is 0.373. The molecule has 8 heteroatoms. The molecule has 0 bridgehead atoms. The van der Waals surface area contributed by atoms with Gasteiger partial charge < -0.3 is 14.8 Å². The number of para-hydroxylation sites is 1. The predicted octanol–water partition coefficient (Wildman–Crippen LogP) is 3.24. The van der Waals surface area contributed by atoms with Crippen LogP contribution in [0.15, 0.2) is 57.1 Å². The number of aromatic nitrogens is 3. The number of phenols is 1. The third-order valence-corrected chi connectivity index (χ3v) is 4.52. The zero-order chi connectivity index (χ0) is 18.3. The van der Waals surface area contributed by atoms with Crippen molar-refractivity contribution in [3.63, 3.8) is 0 Å². The highest BCUT2D eigenvalue weighted by Crippen LogP contribution is 2.28. The fourth-order valence-electron chi connectivity index (χ4n) is 2.73. The number of nitrogens with zero attached hydrogens (tertiary/aromatic N) is 3. The van der Waals surface area contributed by atoms with Crippen molar-refractivity contribution in [3.05, 3.63) is 63.1 Å². The minimum Gasteiger partial charge on any atom is -0.504 e. The van der Waals surface area contributed by atoms with Gasteiger partial charge in [0.15, 0.2) is 11.5 Å². The van der Waals surface area contributed by atoms with Gasteiger partial charge in [-0.25, -0.2) is 4.98 Å². The Hall–Kier alpha value is -3.13. The van der Waals surface area contributed by atoms with Crippen LogP contribution in [-0.4, -0.2) is 33.1 Å². The van der Waals surface area contributed by atoms with E-state index in [2.05, 4.69) is 31.0 Å². The number of H-pyrrole nitrogens is 1. The molecule has 0 aliphatic heterocycles. The summed E-state index contributed by atoms with van der Waals surface area (Å²) in [5.41, 5.74) is 1.87. The van der Waals surface area contributed by atoms with Crippen molar-refractivity contribution < 1.29 is 9.84 Å². The predicted molar refractivity (Wildman–Crippen MR) is 103 cm³/mol. The number of fused-ring (bicyclic) bond motifs is 3. The number of aromatic hydroxyl groups is 1. The average Bonchev–Trinajstić information content (AvgIpc) is 3.01. The summed E-state index contributed by atoms with van der Waals surface area (Å²) in [4.78, 5) is 20.1. The summed E-state index contributed by atoms with van der Waals surface area (Å²) in [5.74, 6) is 0.285. The van der Waals surface area contributed by atoms with Crippen LogP contribution < -0.4 is 10.3 Å². The van der Waals surface area contributed by atoms with Crippen LogP contribution in [0, 0.1) is 0 Å². The van der Waals surface area contributed by atoms with Crippen LogP contribution in [0.5, 0.6) is 11.5 Å². The maximum Gasteiger partial charge on any atom is 0.298 e. The van der Waals surface area contributed by atoms with Gasteiger partial charge in [-0.3, -0.25) is 4.79 Å². The molecule has 0 aliphatic carbocycles. The summed E-state index contributed by atoms with van der Waals surface area (Å²) in [6, 6.07) is 10.7. The standard InChI is InChI=1S/C18H13BrN4O3/c1-26-14-4-2-3-10(17(14)24)8-21-23-9-20-15-12-7-11(19)5-6-13(12)22-16(15)18(23)25/h2-9,22,24H,1H3. The lowest BCUT2D eigenvalue weighted by atomic mass is 10.2. The molecule has 7 nitrogen and oxygen atoms in total. The van der Waals surface area contributed by atoms with Crippen LogP contribution in [0.25, 0.3) is 21.9 Å². The van der Waals surface area contributed by atoms with Crippen molar-refractivity contribution in [2.24, 2.45) is 5.10 Å². The second kappa shape index (κ2) is 6.30. The summed E-state index contributed by atoms with van der Waals surface area (Å²) < 4.78 is 7.08. The van der Waals surface area contributed by atoms with Gasteiger partial charge in [-0.05, 0) is 30.3 Å². The molecule has 0 aliphatic rings. The zero-order valence-electron chi connectivity index (χ0n) is 13.6. The third kappa shape index (κ3) is 2.64. The molecule has 0 atom stereocenters. The Morgan fingerprint density at radius 1 is 1.35 bits per heavy atom. The van der Waals surface area contributed by atoms with Crippen LogP contribution in [0.4, 0.5) is 0 Å². The first-order valence-corrected chi connectivity index (χ1v) is 8.46. The van der Waals surface area contributed by atoms with Gasteiger partial charge in [0, 0.05) is 20.9 Å². The molecule has 0 saturated carbocycles. The first-order valence-electron chi connectivity index (χ1n) is 7.67. The maximum absolute atomic E-state index is 12.7. The van der Waals surface area contributed by atoms with Crippen LogP contribution in [0.1, 0.15) is 5.56 Å². The number of phenolic OH excluding ortho intramolecular Hbond substituents is 1. The summed E-state index contributed by atoms with van der Waals surface area (Å²) in [5, 5.41) is 15.1. The zero-order valence-corrected chi connectivity index (χ0v) is 15.2. The number of nitrogens with one attached hydrogen (secondary N) is 1. The highest BCUT2D eigenvalue weighted by molar-refractivity contribution is 9.10. The number of hydrogen-bond donors (Lipinski definition) is 2. The van der Waals surface area contributed by atoms with Gasteiger partial charge in [-0.1, -0.05) is 22.0 Å². The Kier molecular flexibility index (Phi) is 3.96. The van der Waals surface area contributed by atoms with Gasteiger partial charge in [0.2, 0.25) is 0 Å². The van der Waals surface area contributed by atoms with E-state index in [0.29, 0.717) is 22.3 Å². The van der Waals surface area contributed by atoms with E-state index in [-0.39, 0.29) is 11.3 Å². The van der Waals surface area contributed by atoms with Crippen molar-refractivity contribution in [2.45, 2.75) is 0 Å². The molecule has 2 heterocycles. The summed E-state index contributed by atoms with van der Waals surface area (Å²) in [6.07, 6.45) is 2.73. The Bertz CT molecular complexity index is 1230. The van der Waals surface area contributed by atoms with E-state index in [1.54, 1.807) is 18.2 Å². The van der Waals surface area contributed by atoms with Crippen LogP contribution in [0.3, 0.4) is 0 Å². The molecule has 2 aromatic carbocycles. The molecule has 4 aromatic rings. The highest BCUT2D eigenvalue weighted by Gasteiger charge is 2.11. The minimum atomic E-state index is -0.332. The number of hydrogen-bond acceptors (Lipinski definition) is 5. The molecular weight excluding hydrogens is 400 g/mol. The number of benzene rings is 2. The van der Waals surface area contributed by atoms with E-state index >= 15 is 0 Å². The van der Waals surface area contributed by atoms with Crippen LogP contribution in [-0.2, 0) is 0 Å². The lowest BCUT2D eigenvalue weighted by Crippen LogP contribution is -2.17. The number of methoxy groups -OCH3 is 1. The summed E-state index contributed by atoms with van der Waals surface area (Å²) in [6.45, 7) is 0. The number of halogens is 1. The van der Waals surface area contributed by atoms with Gasteiger partial charge in [0.05, 0.1) is 13.3 Å². The van der Waals surface area contributed by atoms with E-state index in [9.17, 15) is 9.90 Å². The van der Waals surface area contributed by atoms with Gasteiger partial charge in [0.25, 0.3) is 5.56 Å². The molecule has 130 valence electrons. The van der Waals surface area contributed by atoms with E-state index in [1.165, 1.54) is 19.7 Å². The third-order valence-electron chi connectivity index (χ3n) is 4.02. The Morgan fingerprint density at radius 2 is 2.19 bits per heavy atom. The molecule has 2 N–H and O–H groups in total. The second-order valence-corrected chi connectivity index (χ2v) is 6.49. The normalized spacial score (nSPS) is 11.6. The molecule has 0 saturated heterocycles. The molecule has 26 heavy (non-hydrogen) atoms. The molecule has 0 spiro atoms. The smallest absolute Gasteiger partial charge is 0.298 e. The molecule has 0 amide bonds. The van der Waals surface area contributed by atoms with Gasteiger partial charge in [0.1, 0.15) is 17.4 Å². The second-order valence-electron chi connectivity index (χ2n) is 5.58. The molecule has 0 radical (unpaired) electrons. The molecule has 2 aromatic heterocycles. The summed E-state index contributed by atoms with van der Waals surface area (Å²) >= 11 is 3.42. The number of rotatable bonds is 3. The molecule has 4 rings (SSSR count). The van der Waals surface area contributed by atoms with Gasteiger partial charge in [-0.2, -0.15) is 9.78 Å². The maximum atomic E-state index is 12.7. The van der Waals surface area contributed by atoms with Gasteiger partial charge in [-0.15, -0.1) is 0 Å². The molecular formula is C18H13BrN4O3. The van der Waals surface area contributed by atoms with Crippen molar-refractivity contribution in [1.29, 1.82) is 0 Å². The van der Waals surface area contributed by atoms with E-state index in [0.717, 1.165) is 20.1 Å². The van der Waals surface area contributed by atoms with E-state index < -0.39 is 0 Å². The SMILES string of the molecule is COc1cccc(C=Nn2cnc3c([nH]c4ccc(Br)cc43)c2=O)c1O. The quantitative estimate of drug-likeness (QED) is 0.505. The Morgan fingerprint density at radius 3 is 3.00 bits per heavy atom. The van der Waals surface area contributed by atoms with Gasteiger partial charge >= 0.3 is 0 Å². The fraction of sp³-hybridized carbons (Fsp3) is 0.0556. The van der Waals surface area contributed by atoms with Crippen LogP contribution in [0.2, 0.25) is 0 Å². The first kappa shape index (κ1) is 16.3. The lowest BCUT2D eigenvalue weighted by Gasteiger charge is -2.05. The average molecular weight is 413 g/mol. The monoisotopic (exact) mass is 412 g/mol. The molecule has 0 unspecified atom stereocenters. The van der Waals surface area contributed by atoms with Crippen molar-refractivity contribution in [3.8, 4) is 11.5 Å². The minimum absolute atomic E-state index is 0.0451. The Balaban J connectivity index is 1.82. The largest absolute Gasteiger partial charge is 0.504 e. The van der Waals surface area contributed by atoms with Crippen molar-refractivity contribution in [2.75, 3.05) is 7.11 Å². The fourth-order valence-corrected chi connectivity index (χ4v) is 3.09. The highest BCUT2D eigenvalue weighted by atomic mass is 79.9. The topological polar surface area (TPSA) is 92.5 Å². The molecule has 0 fully saturated rings. The van der Waals surface area contributed by atoms with Crippen molar-refractivity contribution >= 4 is 44.1 Å². The van der Waals surface area contributed by atoms with Crippen molar-refractivity contribution in [1.82, 2.24) is 14.6 Å². The Labute approximate surface area is 155 Å². The van der Waals surface area contributed by atoms with E-state index in [4.69, 9.17) is 4.74 Å².